The molecule has 1 fully saturated rings. The second-order valence-electron chi connectivity index (χ2n) is 8.50. The fraction of sp³-hybridized carbons (Fsp3) is 0.280. The molecule has 4 N–H and O–H groups in total. The Labute approximate surface area is 192 Å². The SMILES string of the molecule is Cc1ccc(C(=O)NCc2ccc(-c3nn([C@@H]4CCCNC4)c4ncnc(N)c34)cc2)cc1. The molecule has 1 saturated heterocycles. The van der Waals surface area contributed by atoms with Crippen LogP contribution in [0.25, 0.3) is 22.3 Å². The number of nitrogens with two attached hydrogens (primary N) is 1. The molecule has 3 heterocycles. The van der Waals surface area contributed by atoms with E-state index in [1.54, 1.807) is 0 Å². The second kappa shape index (κ2) is 8.99. The first-order chi connectivity index (χ1) is 16.1. The molecule has 4 aromatic rings. The van der Waals surface area contributed by atoms with Crippen molar-refractivity contribution in [3.63, 3.8) is 0 Å². The average Bonchev–Trinajstić information content (AvgIpc) is 3.25. The Morgan fingerprint density at radius 3 is 2.67 bits per heavy atom. The molecule has 33 heavy (non-hydrogen) atoms. The van der Waals surface area contributed by atoms with Gasteiger partial charge in [-0.05, 0) is 44.0 Å². The van der Waals surface area contributed by atoms with Gasteiger partial charge in [0.1, 0.15) is 17.8 Å². The van der Waals surface area contributed by atoms with Crippen molar-refractivity contribution >= 4 is 22.8 Å². The van der Waals surface area contributed by atoms with Gasteiger partial charge in [-0.15, -0.1) is 0 Å². The summed E-state index contributed by atoms with van der Waals surface area (Å²) < 4.78 is 1.99. The van der Waals surface area contributed by atoms with E-state index >= 15 is 0 Å². The zero-order valence-corrected chi connectivity index (χ0v) is 18.6. The number of nitrogens with zero attached hydrogens (tertiary/aromatic N) is 4. The molecular formula is C25H27N7O. The Bertz CT molecular complexity index is 1270. The van der Waals surface area contributed by atoms with Crippen molar-refractivity contribution in [3.8, 4) is 11.3 Å². The standard InChI is InChI=1S/C25H27N7O/c1-16-4-8-19(9-5-16)25(33)28-13-17-6-10-18(11-7-17)22-21-23(26)29-15-30-24(21)32(31-22)20-3-2-12-27-14-20/h4-11,15,20,27H,2-3,12-14H2,1H3,(H,28,33)(H2,26,29,30)/t20-/m1/s1. The molecule has 1 aliphatic heterocycles. The first-order valence-electron chi connectivity index (χ1n) is 11.2. The zero-order valence-electron chi connectivity index (χ0n) is 18.6. The van der Waals surface area contributed by atoms with Gasteiger partial charge in [-0.25, -0.2) is 14.6 Å². The van der Waals surface area contributed by atoms with Crippen LogP contribution in [0.15, 0.2) is 54.9 Å². The normalized spacial score (nSPS) is 16.1. The lowest BCUT2D eigenvalue weighted by Crippen LogP contribution is -2.32. The molecule has 0 radical (unpaired) electrons. The predicted octanol–water partition coefficient (Wildman–Crippen LogP) is 3.24. The summed E-state index contributed by atoms with van der Waals surface area (Å²) in [6.07, 6.45) is 3.65. The van der Waals surface area contributed by atoms with Crippen molar-refractivity contribution < 1.29 is 4.79 Å². The van der Waals surface area contributed by atoms with Gasteiger partial charge in [0.05, 0.1) is 11.4 Å². The van der Waals surface area contributed by atoms with Gasteiger partial charge in [-0.3, -0.25) is 4.79 Å². The molecule has 1 aliphatic rings. The highest BCUT2D eigenvalue weighted by atomic mass is 16.1. The fourth-order valence-electron chi connectivity index (χ4n) is 4.26. The van der Waals surface area contributed by atoms with Crippen LogP contribution in [0.1, 0.15) is 40.4 Å². The Kier molecular flexibility index (Phi) is 5.75. The molecule has 5 rings (SSSR count). The van der Waals surface area contributed by atoms with E-state index in [1.165, 1.54) is 6.33 Å². The number of hydrogen-bond acceptors (Lipinski definition) is 6. The first-order valence-corrected chi connectivity index (χ1v) is 11.2. The van der Waals surface area contributed by atoms with Crippen molar-refractivity contribution in [2.45, 2.75) is 32.4 Å². The number of carbonyl (C=O) groups is 1. The second-order valence-corrected chi connectivity index (χ2v) is 8.50. The van der Waals surface area contributed by atoms with Gasteiger partial charge in [-0.2, -0.15) is 5.10 Å². The van der Waals surface area contributed by atoms with Gasteiger partial charge < -0.3 is 16.4 Å². The van der Waals surface area contributed by atoms with Crippen LogP contribution < -0.4 is 16.4 Å². The maximum atomic E-state index is 12.4. The van der Waals surface area contributed by atoms with E-state index in [1.807, 2.05) is 60.1 Å². The minimum absolute atomic E-state index is 0.0881. The summed E-state index contributed by atoms with van der Waals surface area (Å²) in [4.78, 5) is 21.1. The number of piperidine rings is 1. The predicted molar refractivity (Wildman–Crippen MR) is 129 cm³/mol. The van der Waals surface area contributed by atoms with E-state index in [2.05, 4.69) is 20.6 Å². The van der Waals surface area contributed by atoms with Crippen LogP contribution in [0.3, 0.4) is 0 Å². The lowest BCUT2D eigenvalue weighted by molar-refractivity contribution is 0.0951. The topological polar surface area (TPSA) is 111 Å². The number of amides is 1. The number of fused-ring (bicyclic) bond motifs is 1. The average molecular weight is 442 g/mol. The van der Waals surface area contributed by atoms with Crippen LogP contribution in [0, 0.1) is 6.92 Å². The Balaban J connectivity index is 1.38. The highest BCUT2D eigenvalue weighted by Crippen LogP contribution is 2.32. The van der Waals surface area contributed by atoms with Crippen LogP contribution in [0.4, 0.5) is 5.82 Å². The Morgan fingerprint density at radius 1 is 1.15 bits per heavy atom. The van der Waals surface area contributed by atoms with Gasteiger partial charge in [0.2, 0.25) is 0 Å². The largest absolute Gasteiger partial charge is 0.383 e. The molecule has 8 heteroatoms. The monoisotopic (exact) mass is 441 g/mol. The highest BCUT2D eigenvalue weighted by molar-refractivity contribution is 5.98. The fourth-order valence-corrected chi connectivity index (χ4v) is 4.26. The molecule has 0 bridgehead atoms. The van der Waals surface area contributed by atoms with Gasteiger partial charge in [-0.1, -0.05) is 42.0 Å². The van der Waals surface area contributed by atoms with E-state index in [4.69, 9.17) is 10.8 Å². The third kappa shape index (κ3) is 4.29. The molecule has 1 atom stereocenters. The summed E-state index contributed by atoms with van der Waals surface area (Å²) in [6, 6.07) is 15.8. The molecule has 2 aromatic carbocycles. The van der Waals surface area contributed by atoms with E-state index < -0.39 is 0 Å². The van der Waals surface area contributed by atoms with Gasteiger partial charge in [0.25, 0.3) is 5.91 Å². The van der Waals surface area contributed by atoms with Crippen molar-refractivity contribution in [1.29, 1.82) is 0 Å². The number of benzene rings is 2. The molecule has 168 valence electrons. The number of nitrogens with one attached hydrogen (secondary N) is 2. The number of hydrogen-bond donors (Lipinski definition) is 3. The van der Waals surface area contributed by atoms with E-state index in [9.17, 15) is 4.79 Å². The van der Waals surface area contributed by atoms with E-state index in [0.29, 0.717) is 17.9 Å². The third-order valence-electron chi connectivity index (χ3n) is 6.13. The van der Waals surface area contributed by atoms with Crippen molar-refractivity contribution in [2.75, 3.05) is 18.8 Å². The number of anilines is 1. The first kappa shape index (κ1) is 21.1. The third-order valence-corrected chi connectivity index (χ3v) is 6.13. The molecular weight excluding hydrogens is 414 g/mol. The smallest absolute Gasteiger partial charge is 0.251 e. The minimum atomic E-state index is -0.0881. The summed E-state index contributed by atoms with van der Waals surface area (Å²) in [7, 11) is 0. The highest BCUT2D eigenvalue weighted by Gasteiger charge is 2.23. The zero-order chi connectivity index (χ0) is 22.8. The number of nitrogen functional groups attached to an aromatic ring is 1. The molecule has 2 aromatic heterocycles. The minimum Gasteiger partial charge on any atom is -0.383 e. The van der Waals surface area contributed by atoms with Crippen LogP contribution >= 0.6 is 0 Å². The van der Waals surface area contributed by atoms with Crippen molar-refractivity contribution in [1.82, 2.24) is 30.4 Å². The summed E-state index contributed by atoms with van der Waals surface area (Å²) in [6.45, 7) is 4.34. The number of aryl methyl sites for hydroxylation is 1. The molecule has 1 amide bonds. The molecule has 0 saturated carbocycles. The van der Waals surface area contributed by atoms with Gasteiger partial charge >= 0.3 is 0 Å². The molecule has 8 nitrogen and oxygen atoms in total. The summed E-state index contributed by atoms with van der Waals surface area (Å²) in [5.41, 5.74) is 11.5. The van der Waals surface area contributed by atoms with Crippen LogP contribution in [-0.2, 0) is 6.54 Å². The van der Waals surface area contributed by atoms with Crippen molar-refractivity contribution in [2.24, 2.45) is 0 Å². The van der Waals surface area contributed by atoms with E-state index in [0.717, 1.165) is 59.3 Å². The lowest BCUT2D eigenvalue weighted by Gasteiger charge is -2.23. The molecule has 0 aliphatic carbocycles. The van der Waals surface area contributed by atoms with E-state index in [-0.39, 0.29) is 11.9 Å². The summed E-state index contributed by atoms with van der Waals surface area (Å²) in [5, 5.41) is 12.1. The molecule has 0 unspecified atom stereocenters. The lowest BCUT2D eigenvalue weighted by atomic mass is 10.1. The Morgan fingerprint density at radius 2 is 1.94 bits per heavy atom. The van der Waals surface area contributed by atoms with Crippen LogP contribution in [0.5, 0.6) is 0 Å². The molecule has 0 spiro atoms. The van der Waals surface area contributed by atoms with Crippen molar-refractivity contribution in [3.05, 3.63) is 71.5 Å². The number of rotatable bonds is 5. The quantitative estimate of drug-likeness (QED) is 0.439. The maximum absolute atomic E-state index is 12.4. The van der Waals surface area contributed by atoms with Gasteiger partial charge in [0.15, 0.2) is 5.65 Å². The summed E-state index contributed by atoms with van der Waals surface area (Å²) in [5.74, 6) is 0.342. The van der Waals surface area contributed by atoms with Crippen LogP contribution in [-0.4, -0.2) is 38.7 Å². The van der Waals surface area contributed by atoms with Gasteiger partial charge in [0, 0.05) is 24.2 Å². The maximum Gasteiger partial charge on any atom is 0.251 e. The summed E-state index contributed by atoms with van der Waals surface area (Å²) >= 11 is 0. The number of aromatic nitrogens is 4. The number of carbonyl (C=O) groups excluding carboxylic acids is 1. The van der Waals surface area contributed by atoms with Crippen LogP contribution in [0.2, 0.25) is 0 Å². The Hall–Kier alpha value is -3.78.